The summed E-state index contributed by atoms with van der Waals surface area (Å²) in [6.07, 6.45) is 1.37. The van der Waals surface area contributed by atoms with Crippen molar-refractivity contribution >= 4 is 11.7 Å². The van der Waals surface area contributed by atoms with Crippen LogP contribution in [0.1, 0.15) is 45.2 Å². The first-order chi connectivity index (χ1) is 11.3. The second-order valence-electron chi connectivity index (χ2n) is 7.46. The minimum atomic E-state index is -0.362. The number of benzene rings is 1. The van der Waals surface area contributed by atoms with E-state index in [0.29, 0.717) is 13.0 Å². The van der Waals surface area contributed by atoms with Gasteiger partial charge in [-0.3, -0.25) is 9.59 Å². The van der Waals surface area contributed by atoms with E-state index in [0.717, 1.165) is 12.0 Å². The van der Waals surface area contributed by atoms with Gasteiger partial charge in [0, 0.05) is 18.5 Å². The second-order valence-corrected chi connectivity index (χ2v) is 7.46. The molecule has 4 nitrogen and oxygen atoms in total. The number of nitrogens with zero attached hydrogens (tertiary/aromatic N) is 1. The average Bonchev–Trinajstić information content (AvgIpc) is 2.86. The molecule has 0 aliphatic carbocycles. The monoisotopic (exact) mass is 330 g/mol. The zero-order chi connectivity index (χ0) is 17.9. The summed E-state index contributed by atoms with van der Waals surface area (Å²) in [7, 11) is 0. The lowest BCUT2D eigenvalue weighted by molar-refractivity contribution is -0.138. The molecule has 1 saturated heterocycles. The first-order valence-corrected chi connectivity index (χ1v) is 8.95. The first-order valence-electron chi connectivity index (χ1n) is 8.95. The van der Waals surface area contributed by atoms with Crippen molar-refractivity contribution in [2.45, 2.75) is 65.6 Å². The molecular formula is C20H30N2O2. The summed E-state index contributed by atoms with van der Waals surface area (Å²) in [6, 6.07) is 7.96. The third-order valence-electron chi connectivity index (χ3n) is 4.60. The third kappa shape index (κ3) is 4.44. The molecule has 1 fully saturated rings. The highest BCUT2D eigenvalue weighted by atomic mass is 16.2. The lowest BCUT2D eigenvalue weighted by Crippen LogP contribution is -2.49. The van der Waals surface area contributed by atoms with Gasteiger partial charge in [0.15, 0.2) is 5.78 Å². The summed E-state index contributed by atoms with van der Waals surface area (Å²) in [5.41, 5.74) is 2.30. The molecule has 0 bridgehead atoms. The van der Waals surface area contributed by atoms with Gasteiger partial charge in [0.05, 0.1) is 12.1 Å². The van der Waals surface area contributed by atoms with Crippen LogP contribution in [0.4, 0.5) is 0 Å². The average molecular weight is 330 g/mol. The van der Waals surface area contributed by atoms with Crippen molar-refractivity contribution in [3.05, 3.63) is 35.4 Å². The number of carbonyl (C=O) groups is 2. The Balaban J connectivity index is 2.19. The molecule has 1 aromatic carbocycles. The van der Waals surface area contributed by atoms with Crippen LogP contribution in [0.15, 0.2) is 24.3 Å². The van der Waals surface area contributed by atoms with Crippen molar-refractivity contribution in [2.75, 3.05) is 6.54 Å². The van der Waals surface area contributed by atoms with E-state index in [4.69, 9.17) is 0 Å². The molecule has 1 heterocycles. The predicted octanol–water partition coefficient (Wildman–Crippen LogP) is 2.73. The standard InChI is InChI=1S/C20H30N2O2/c1-13(2)19(23)18(12-16-8-6-15(5)7-9-16)22-11-10-17(20(22)24)21-14(3)4/h6-9,13-14,17-18,21H,10-12H2,1-5H3. The number of aryl methyl sites for hydroxylation is 1. The van der Waals surface area contributed by atoms with Gasteiger partial charge in [-0.05, 0) is 25.3 Å². The van der Waals surface area contributed by atoms with Gasteiger partial charge in [-0.1, -0.05) is 57.5 Å². The topological polar surface area (TPSA) is 49.4 Å². The van der Waals surface area contributed by atoms with E-state index in [9.17, 15) is 9.59 Å². The molecule has 1 aliphatic heterocycles. The second kappa shape index (κ2) is 7.93. The fourth-order valence-corrected chi connectivity index (χ4v) is 3.27. The van der Waals surface area contributed by atoms with Crippen molar-refractivity contribution in [2.24, 2.45) is 5.92 Å². The van der Waals surface area contributed by atoms with Gasteiger partial charge >= 0.3 is 0 Å². The molecule has 0 aromatic heterocycles. The zero-order valence-corrected chi connectivity index (χ0v) is 15.5. The Morgan fingerprint density at radius 3 is 2.38 bits per heavy atom. The Labute approximate surface area is 145 Å². The van der Waals surface area contributed by atoms with Crippen LogP contribution in [0, 0.1) is 12.8 Å². The molecule has 132 valence electrons. The molecule has 0 spiro atoms. The Bertz CT molecular complexity index is 578. The third-order valence-corrected chi connectivity index (χ3v) is 4.60. The summed E-state index contributed by atoms with van der Waals surface area (Å²) in [6.45, 7) is 10.6. The fourth-order valence-electron chi connectivity index (χ4n) is 3.27. The number of carbonyl (C=O) groups excluding carboxylic acids is 2. The van der Waals surface area contributed by atoms with E-state index in [1.807, 2.05) is 34.6 Å². The lowest BCUT2D eigenvalue weighted by Gasteiger charge is -2.29. The van der Waals surface area contributed by atoms with Gasteiger partial charge in [-0.25, -0.2) is 0 Å². The van der Waals surface area contributed by atoms with Crippen molar-refractivity contribution in [3.8, 4) is 0 Å². The molecule has 0 radical (unpaired) electrons. The molecule has 1 aromatic rings. The smallest absolute Gasteiger partial charge is 0.240 e. The fraction of sp³-hybridized carbons (Fsp3) is 0.600. The van der Waals surface area contributed by atoms with Crippen LogP contribution in [-0.4, -0.2) is 41.3 Å². The van der Waals surface area contributed by atoms with Crippen LogP contribution in [-0.2, 0) is 16.0 Å². The number of ketones is 1. The first kappa shape index (κ1) is 18.7. The Kier molecular flexibility index (Phi) is 6.16. The van der Waals surface area contributed by atoms with Crippen LogP contribution in [0.25, 0.3) is 0 Å². The number of Topliss-reactive ketones (excluding diaryl/α,β-unsaturated/α-hetero) is 1. The zero-order valence-electron chi connectivity index (χ0n) is 15.5. The highest BCUT2D eigenvalue weighted by molar-refractivity contribution is 5.93. The number of hydrogen-bond donors (Lipinski definition) is 1. The summed E-state index contributed by atoms with van der Waals surface area (Å²) in [5, 5.41) is 3.31. The largest absolute Gasteiger partial charge is 0.331 e. The van der Waals surface area contributed by atoms with Crippen LogP contribution >= 0.6 is 0 Å². The van der Waals surface area contributed by atoms with Crippen LogP contribution in [0.3, 0.4) is 0 Å². The predicted molar refractivity (Wildman–Crippen MR) is 96.9 cm³/mol. The van der Waals surface area contributed by atoms with Gasteiger partial charge in [0.25, 0.3) is 0 Å². The van der Waals surface area contributed by atoms with E-state index in [1.165, 1.54) is 5.56 Å². The van der Waals surface area contributed by atoms with Gasteiger partial charge in [0.1, 0.15) is 0 Å². The van der Waals surface area contributed by atoms with Crippen molar-refractivity contribution in [1.82, 2.24) is 10.2 Å². The van der Waals surface area contributed by atoms with E-state index < -0.39 is 0 Å². The molecule has 4 heteroatoms. The number of amides is 1. The van der Waals surface area contributed by atoms with E-state index in [1.54, 1.807) is 4.90 Å². The Hall–Kier alpha value is -1.68. The van der Waals surface area contributed by atoms with Crippen LogP contribution in [0.5, 0.6) is 0 Å². The molecule has 2 rings (SSSR count). The van der Waals surface area contributed by atoms with Crippen molar-refractivity contribution < 1.29 is 9.59 Å². The molecule has 24 heavy (non-hydrogen) atoms. The molecule has 1 amide bonds. The Morgan fingerprint density at radius 1 is 1.21 bits per heavy atom. The molecule has 2 atom stereocenters. The van der Waals surface area contributed by atoms with E-state index in [-0.39, 0.29) is 35.7 Å². The summed E-state index contributed by atoms with van der Waals surface area (Å²) >= 11 is 0. The van der Waals surface area contributed by atoms with Crippen molar-refractivity contribution in [3.63, 3.8) is 0 Å². The van der Waals surface area contributed by atoms with Gasteiger partial charge < -0.3 is 10.2 Å². The van der Waals surface area contributed by atoms with Gasteiger partial charge in [-0.2, -0.15) is 0 Å². The minimum absolute atomic E-state index is 0.0646. The van der Waals surface area contributed by atoms with E-state index >= 15 is 0 Å². The summed E-state index contributed by atoms with van der Waals surface area (Å²) < 4.78 is 0. The maximum absolute atomic E-state index is 12.8. The number of hydrogen-bond acceptors (Lipinski definition) is 3. The molecule has 1 N–H and O–H groups in total. The van der Waals surface area contributed by atoms with Gasteiger partial charge in [-0.15, -0.1) is 0 Å². The molecule has 2 unspecified atom stereocenters. The summed E-state index contributed by atoms with van der Waals surface area (Å²) in [4.78, 5) is 27.3. The molecule has 0 saturated carbocycles. The SMILES string of the molecule is Cc1ccc(CC(C(=O)C(C)C)N2CCC(NC(C)C)C2=O)cc1. The quantitative estimate of drug-likeness (QED) is 0.836. The highest BCUT2D eigenvalue weighted by Crippen LogP contribution is 2.21. The maximum Gasteiger partial charge on any atom is 0.240 e. The molecular weight excluding hydrogens is 300 g/mol. The highest BCUT2D eigenvalue weighted by Gasteiger charge is 2.39. The number of rotatable bonds is 7. The number of likely N-dealkylation sites (tertiary alicyclic amines) is 1. The molecule has 1 aliphatic rings. The normalized spacial score (nSPS) is 19.4. The van der Waals surface area contributed by atoms with Crippen molar-refractivity contribution in [1.29, 1.82) is 0 Å². The van der Waals surface area contributed by atoms with Gasteiger partial charge in [0.2, 0.25) is 5.91 Å². The van der Waals surface area contributed by atoms with Crippen LogP contribution < -0.4 is 5.32 Å². The Morgan fingerprint density at radius 2 is 1.83 bits per heavy atom. The maximum atomic E-state index is 12.8. The van der Waals surface area contributed by atoms with Crippen LogP contribution in [0.2, 0.25) is 0 Å². The number of nitrogens with one attached hydrogen (secondary N) is 1. The van der Waals surface area contributed by atoms with E-state index in [2.05, 4.69) is 29.6 Å². The lowest BCUT2D eigenvalue weighted by atomic mass is 9.94. The minimum Gasteiger partial charge on any atom is -0.331 e. The summed E-state index contributed by atoms with van der Waals surface area (Å²) in [5.74, 6) is 0.134.